The van der Waals surface area contributed by atoms with Gasteiger partial charge in [-0.2, -0.15) is 0 Å². The molecular formula is C14H16ClN3O2S. The summed E-state index contributed by atoms with van der Waals surface area (Å²) < 4.78 is 7.17. The van der Waals surface area contributed by atoms with Gasteiger partial charge < -0.3 is 9.52 Å². The van der Waals surface area contributed by atoms with E-state index >= 15 is 0 Å². The van der Waals surface area contributed by atoms with Gasteiger partial charge in [-0.1, -0.05) is 23.7 Å². The van der Waals surface area contributed by atoms with E-state index in [9.17, 15) is 5.11 Å². The van der Waals surface area contributed by atoms with Crippen molar-refractivity contribution in [1.29, 1.82) is 0 Å². The summed E-state index contributed by atoms with van der Waals surface area (Å²) in [5, 5.41) is 14.7. The lowest BCUT2D eigenvalue weighted by Gasteiger charge is -2.29. The molecule has 0 aliphatic carbocycles. The minimum absolute atomic E-state index is 0.275. The van der Waals surface area contributed by atoms with Crippen LogP contribution in [-0.4, -0.2) is 39.0 Å². The molecule has 3 rings (SSSR count). The molecule has 7 heteroatoms. The Kier molecular flexibility index (Phi) is 4.40. The lowest BCUT2D eigenvalue weighted by atomic mass is 10.1. The highest BCUT2D eigenvalue weighted by molar-refractivity contribution is 7.71. The molecule has 112 valence electrons. The van der Waals surface area contributed by atoms with Gasteiger partial charge in [-0.05, 0) is 37.2 Å². The first-order valence-corrected chi connectivity index (χ1v) is 7.65. The highest BCUT2D eigenvalue weighted by Crippen LogP contribution is 2.26. The summed E-state index contributed by atoms with van der Waals surface area (Å²) in [5.41, 5.74) is 0.725. The van der Waals surface area contributed by atoms with Crippen molar-refractivity contribution in [3.05, 3.63) is 34.1 Å². The Hall–Kier alpha value is -1.21. The number of hydrogen-bond donors (Lipinski definition) is 1. The number of rotatable bonds is 3. The highest BCUT2D eigenvalue weighted by Gasteiger charge is 2.19. The molecule has 0 saturated carbocycles. The maximum atomic E-state index is 9.71. The van der Waals surface area contributed by atoms with Gasteiger partial charge in [-0.15, -0.1) is 5.10 Å². The molecule has 0 bridgehead atoms. The summed E-state index contributed by atoms with van der Waals surface area (Å²) in [6, 6.07) is 7.36. The summed E-state index contributed by atoms with van der Waals surface area (Å²) in [6.45, 7) is 2.08. The second-order valence-corrected chi connectivity index (χ2v) is 5.92. The Morgan fingerprint density at radius 1 is 1.43 bits per heavy atom. The van der Waals surface area contributed by atoms with Crippen molar-refractivity contribution < 1.29 is 9.52 Å². The second kappa shape index (κ2) is 6.27. The van der Waals surface area contributed by atoms with Crippen molar-refractivity contribution in [2.24, 2.45) is 0 Å². The molecule has 5 nitrogen and oxygen atoms in total. The lowest BCUT2D eigenvalue weighted by molar-refractivity contribution is 0.0509. The van der Waals surface area contributed by atoms with Crippen molar-refractivity contribution in [3.8, 4) is 11.5 Å². The number of piperidine rings is 1. The van der Waals surface area contributed by atoms with E-state index in [0.717, 1.165) is 24.9 Å². The van der Waals surface area contributed by atoms with Gasteiger partial charge in [0.2, 0.25) is 5.89 Å². The van der Waals surface area contributed by atoms with Crippen LogP contribution in [0.5, 0.6) is 0 Å². The van der Waals surface area contributed by atoms with Gasteiger partial charge in [0, 0.05) is 13.1 Å². The predicted molar refractivity (Wildman–Crippen MR) is 82.6 cm³/mol. The first kappa shape index (κ1) is 14.7. The number of aliphatic hydroxyl groups is 1. The Morgan fingerprint density at radius 2 is 2.24 bits per heavy atom. The molecule has 0 unspecified atom stereocenters. The Balaban J connectivity index is 1.82. The fourth-order valence-electron chi connectivity index (χ4n) is 2.49. The van der Waals surface area contributed by atoms with E-state index in [1.807, 2.05) is 18.2 Å². The first-order chi connectivity index (χ1) is 10.1. The van der Waals surface area contributed by atoms with Crippen molar-refractivity contribution in [2.45, 2.75) is 25.6 Å². The van der Waals surface area contributed by atoms with Crippen LogP contribution in [0.15, 0.2) is 28.7 Å². The molecule has 1 aromatic carbocycles. The molecule has 21 heavy (non-hydrogen) atoms. The van der Waals surface area contributed by atoms with E-state index in [1.54, 1.807) is 10.7 Å². The zero-order valence-electron chi connectivity index (χ0n) is 11.4. The van der Waals surface area contributed by atoms with Gasteiger partial charge in [-0.3, -0.25) is 4.90 Å². The molecule has 1 aromatic heterocycles. The van der Waals surface area contributed by atoms with Crippen LogP contribution in [0.1, 0.15) is 12.8 Å². The monoisotopic (exact) mass is 325 g/mol. The molecule has 1 aliphatic rings. The molecule has 0 spiro atoms. The second-order valence-electron chi connectivity index (χ2n) is 5.17. The van der Waals surface area contributed by atoms with E-state index < -0.39 is 0 Å². The summed E-state index contributed by atoms with van der Waals surface area (Å²) in [7, 11) is 0. The molecule has 0 radical (unpaired) electrons. The van der Waals surface area contributed by atoms with Crippen LogP contribution in [-0.2, 0) is 6.67 Å². The number of aliphatic hydroxyl groups excluding tert-OH is 1. The summed E-state index contributed by atoms with van der Waals surface area (Å²) >= 11 is 11.4. The third-order valence-corrected chi connectivity index (χ3v) is 4.15. The molecule has 1 atom stereocenters. The number of hydrogen-bond acceptors (Lipinski definition) is 5. The normalized spacial score (nSPS) is 19.8. The average molecular weight is 326 g/mol. The maximum Gasteiger partial charge on any atom is 0.288 e. The summed E-state index contributed by atoms with van der Waals surface area (Å²) in [5.74, 6) is 0.420. The van der Waals surface area contributed by atoms with Crippen LogP contribution in [0.2, 0.25) is 5.02 Å². The molecule has 1 N–H and O–H groups in total. The molecular weight excluding hydrogens is 310 g/mol. The topological polar surface area (TPSA) is 54.4 Å². The quantitative estimate of drug-likeness (QED) is 0.879. The minimum Gasteiger partial charge on any atom is -0.409 e. The molecule has 2 heterocycles. The number of likely N-dealkylation sites (tertiary alicyclic amines) is 1. The highest BCUT2D eigenvalue weighted by atomic mass is 35.5. The van der Waals surface area contributed by atoms with Gasteiger partial charge >= 0.3 is 0 Å². The van der Waals surface area contributed by atoms with Crippen molar-refractivity contribution in [2.75, 3.05) is 13.1 Å². The molecule has 1 saturated heterocycles. The van der Waals surface area contributed by atoms with Crippen LogP contribution >= 0.6 is 23.8 Å². The Morgan fingerprint density at radius 3 is 3.00 bits per heavy atom. The van der Waals surface area contributed by atoms with Gasteiger partial charge in [-0.25, -0.2) is 4.68 Å². The Labute approximate surface area is 132 Å². The van der Waals surface area contributed by atoms with E-state index in [2.05, 4.69) is 10.00 Å². The zero-order valence-corrected chi connectivity index (χ0v) is 13.0. The number of β-amino-alcohol motifs (C(OH)–C–C–N with tert-alkyl or cyclic N) is 1. The first-order valence-electron chi connectivity index (χ1n) is 6.87. The molecule has 1 aliphatic heterocycles. The van der Waals surface area contributed by atoms with E-state index in [4.69, 9.17) is 28.2 Å². The number of benzene rings is 1. The summed E-state index contributed by atoms with van der Waals surface area (Å²) in [4.78, 5) is 2.42. The standard InChI is InChI=1S/C14H16ClN3O2S/c15-12-6-2-1-5-11(12)13-16-18(14(21)20-13)9-17-7-3-4-10(19)8-17/h1-2,5-6,10,19H,3-4,7-9H2/t10-/m1/s1. The van der Waals surface area contributed by atoms with Crippen LogP contribution in [0, 0.1) is 4.84 Å². The fraction of sp³-hybridized carbons (Fsp3) is 0.429. The molecule has 1 fully saturated rings. The van der Waals surface area contributed by atoms with E-state index in [0.29, 0.717) is 29.0 Å². The zero-order chi connectivity index (χ0) is 14.8. The lowest BCUT2D eigenvalue weighted by Crippen LogP contribution is -2.39. The fourth-order valence-corrected chi connectivity index (χ4v) is 2.88. The SMILES string of the molecule is O[C@@H]1CCCN(Cn2nc(-c3ccccc3Cl)oc2=S)C1. The minimum atomic E-state index is -0.275. The summed E-state index contributed by atoms with van der Waals surface area (Å²) in [6.07, 6.45) is 1.55. The average Bonchev–Trinajstić information content (AvgIpc) is 2.80. The van der Waals surface area contributed by atoms with E-state index in [1.165, 1.54) is 0 Å². The number of halogens is 1. The smallest absolute Gasteiger partial charge is 0.288 e. The third kappa shape index (κ3) is 3.35. The maximum absolute atomic E-state index is 9.71. The molecule has 0 amide bonds. The number of aromatic nitrogens is 2. The largest absolute Gasteiger partial charge is 0.409 e. The Bertz CT molecular complexity index is 685. The van der Waals surface area contributed by atoms with Gasteiger partial charge in [0.25, 0.3) is 4.84 Å². The van der Waals surface area contributed by atoms with Crippen molar-refractivity contribution in [3.63, 3.8) is 0 Å². The predicted octanol–water partition coefficient (Wildman–Crippen LogP) is 2.94. The van der Waals surface area contributed by atoms with Crippen molar-refractivity contribution in [1.82, 2.24) is 14.7 Å². The number of nitrogens with zero attached hydrogens (tertiary/aromatic N) is 3. The molecule has 2 aromatic rings. The van der Waals surface area contributed by atoms with Crippen molar-refractivity contribution >= 4 is 23.8 Å². The van der Waals surface area contributed by atoms with E-state index in [-0.39, 0.29) is 6.10 Å². The third-order valence-electron chi connectivity index (χ3n) is 3.53. The van der Waals surface area contributed by atoms with Crippen LogP contribution in [0.3, 0.4) is 0 Å². The van der Waals surface area contributed by atoms with Gasteiger partial charge in [0.05, 0.1) is 23.4 Å². The van der Waals surface area contributed by atoms with Crippen LogP contribution < -0.4 is 0 Å². The van der Waals surface area contributed by atoms with Gasteiger partial charge in [0.15, 0.2) is 0 Å². The van der Waals surface area contributed by atoms with Crippen LogP contribution in [0.4, 0.5) is 0 Å². The van der Waals surface area contributed by atoms with Gasteiger partial charge in [0.1, 0.15) is 0 Å². The van der Waals surface area contributed by atoms with Crippen LogP contribution in [0.25, 0.3) is 11.5 Å².